The predicted octanol–water partition coefficient (Wildman–Crippen LogP) is 7.34. The molecule has 2 N–H and O–H groups in total. The number of nitrogens with one attached hydrogen (secondary N) is 1. The van der Waals surface area contributed by atoms with Gasteiger partial charge in [-0.3, -0.25) is 4.79 Å². The van der Waals surface area contributed by atoms with Gasteiger partial charge in [-0.1, -0.05) is 24.3 Å². The molecular formula is C34H39NO4. The molecule has 0 aromatic heterocycles. The second-order valence-electron chi connectivity index (χ2n) is 11.9. The molecule has 1 saturated carbocycles. The third kappa shape index (κ3) is 5.17. The molecule has 3 aromatic carbocycles. The monoisotopic (exact) mass is 525 g/mol. The average molecular weight is 526 g/mol. The smallest absolute Gasteiger partial charge is 0.303 e. The first-order valence-corrected chi connectivity index (χ1v) is 14.4. The standard InChI is InChI=1S/C34H39NO4/c1-21-14-28(39-27-7-5-13-38-20-27)15-22(2)33(21)29-8-4-6-24(23(29)3)19-35-26-9-10-30-25(16-26)18-34(11-12-34)31(30)17-32(36)37/h4,6,8-10,14-16,27,31,35H,5,7,11-13,17-20H2,1-3H3,(H,36,37). The summed E-state index contributed by atoms with van der Waals surface area (Å²) in [5, 5.41) is 13.1. The third-order valence-corrected chi connectivity index (χ3v) is 9.20. The topological polar surface area (TPSA) is 67.8 Å². The number of aliphatic carboxylic acids is 1. The number of hydrogen-bond acceptors (Lipinski definition) is 4. The van der Waals surface area contributed by atoms with Crippen LogP contribution in [0.15, 0.2) is 48.5 Å². The average Bonchev–Trinajstić information content (AvgIpc) is 3.61. The second kappa shape index (κ2) is 10.3. The van der Waals surface area contributed by atoms with E-state index < -0.39 is 5.97 Å². The van der Waals surface area contributed by atoms with Crippen molar-refractivity contribution in [3.63, 3.8) is 0 Å². The molecule has 3 aliphatic rings. The van der Waals surface area contributed by atoms with Crippen LogP contribution in [0.4, 0.5) is 5.69 Å². The molecule has 5 heteroatoms. The van der Waals surface area contributed by atoms with Gasteiger partial charge >= 0.3 is 5.97 Å². The Morgan fingerprint density at radius 3 is 2.59 bits per heavy atom. The lowest BCUT2D eigenvalue weighted by molar-refractivity contribution is -0.137. The van der Waals surface area contributed by atoms with Crippen molar-refractivity contribution in [3.8, 4) is 16.9 Å². The van der Waals surface area contributed by atoms with Crippen LogP contribution in [-0.4, -0.2) is 30.4 Å². The van der Waals surface area contributed by atoms with Gasteiger partial charge in [0.2, 0.25) is 0 Å². The highest BCUT2D eigenvalue weighted by Gasteiger charge is 2.54. The van der Waals surface area contributed by atoms with E-state index in [1.165, 1.54) is 44.5 Å². The number of anilines is 1. The Balaban J connectivity index is 1.19. The fraction of sp³-hybridized carbons (Fsp3) is 0.441. The van der Waals surface area contributed by atoms with Crippen molar-refractivity contribution in [2.75, 3.05) is 18.5 Å². The van der Waals surface area contributed by atoms with Crippen LogP contribution in [0, 0.1) is 26.2 Å². The molecule has 1 aliphatic heterocycles. The normalized spacial score (nSPS) is 21.0. The van der Waals surface area contributed by atoms with Gasteiger partial charge in [0.15, 0.2) is 0 Å². The zero-order chi connectivity index (χ0) is 27.1. The van der Waals surface area contributed by atoms with Crippen molar-refractivity contribution in [3.05, 3.63) is 81.9 Å². The van der Waals surface area contributed by atoms with E-state index >= 15 is 0 Å². The van der Waals surface area contributed by atoms with E-state index in [0.29, 0.717) is 6.61 Å². The Hall–Kier alpha value is -3.31. The molecule has 204 valence electrons. The SMILES string of the molecule is Cc1cc(OC2CCCOC2)cc(C)c1-c1cccc(CNc2ccc3c(c2)CC2(CC2)C3CC(=O)O)c1C. The molecule has 3 aromatic rings. The van der Waals surface area contributed by atoms with E-state index in [-0.39, 0.29) is 23.9 Å². The highest BCUT2D eigenvalue weighted by molar-refractivity contribution is 5.75. The first kappa shape index (κ1) is 25.9. The summed E-state index contributed by atoms with van der Waals surface area (Å²) in [6.07, 6.45) is 5.78. The van der Waals surface area contributed by atoms with Crippen LogP contribution < -0.4 is 10.1 Å². The van der Waals surface area contributed by atoms with Crippen molar-refractivity contribution in [1.29, 1.82) is 0 Å². The lowest BCUT2D eigenvalue weighted by atomic mass is 9.87. The third-order valence-electron chi connectivity index (χ3n) is 9.20. The van der Waals surface area contributed by atoms with Crippen LogP contribution in [0.1, 0.15) is 71.4 Å². The maximum atomic E-state index is 11.5. The lowest BCUT2D eigenvalue weighted by Crippen LogP contribution is -2.28. The van der Waals surface area contributed by atoms with Crippen molar-refractivity contribution in [2.45, 2.75) is 77.9 Å². The number of aryl methyl sites for hydroxylation is 2. The molecule has 2 atom stereocenters. The Morgan fingerprint density at radius 1 is 1.10 bits per heavy atom. The molecule has 2 unspecified atom stereocenters. The number of rotatable bonds is 8. The molecule has 1 heterocycles. The number of fused-ring (bicyclic) bond motifs is 1. The molecule has 1 spiro atoms. The Bertz CT molecular complexity index is 1380. The van der Waals surface area contributed by atoms with E-state index in [9.17, 15) is 9.90 Å². The van der Waals surface area contributed by atoms with Gasteiger partial charge in [-0.05, 0) is 127 Å². The van der Waals surface area contributed by atoms with E-state index in [4.69, 9.17) is 9.47 Å². The molecule has 2 aliphatic carbocycles. The molecule has 39 heavy (non-hydrogen) atoms. The summed E-state index contributed by atoms with van der Waals surface area (Å²) >= 11 is 0. The zero-order valence-corrected chi connectivity index (χ0v) is 23.3. The molecule has 5 nitrogen and oxygen atoms in total. The van der Waals surface area contributed by atoms with Gasteiger partial charge in [-0.15, -0.1) is 0 Å². The maximum Gasteiger partial charge on any atom is 0.303 e. The van der Waals surface area contributed by atoms with Gasteiger partial charge in [0, 0.05) is 24.8 Å². The number of benzene rings is 3. The number of carboxylic acid groups (broad SMARTS) is 1. The van der Waals surface area contributed by atoms with Crippen molar-refractivity contribution < 1.29 is 19.4 Å². The van der Waals surface area contributed by atoms with Crippen LogP contribution in [0.3, 0.4) is 0 Å². The Kier molecular flexibility index (Phi) is 6.88. The summed E-state index contributed by atoms with van der Waals surface area (Å²) in [6.45, 7) is 8.80. The Labute approximate surface area is 231 Å². The van der Waals surface area contributed by atoms with Gasteiger partial charge in [-0.2, -0.15) is 0 Å². The molecule has 0 amide bonds. The van der Waals surface area contributed by atoms with E-state index in [2.05, 4.69) is 74.6 Å². The van der Waals surface area contributed by atoms with Gasteiger partial charge in [0.1, 0.15) is 11.9 Å². The zero-order valence-electron chi connectivity index (χ0n) is 23.3. The van der Waals surface area contributed by atoms with Crippen molar-refractivity contribution in [1.82, 2.24) is 0 Å². The van der Waals surface area contributed by atoms with E-state index in [0.717, 1.165) is 56.7 Å². The number of carbonyl (C=O) groups is 1. The summed E-state index contributed by atoms with van der Waals surface area (Å²) in [5.41, 5.74) is 11.4. The molecule has 0 bridgehead atoms. The lowest BCUT2D eigenvalue weighted by Gasteiger charge is -2.24. The van der Waals surface area contributed by atoms with Crippen LogP contribution in [-0.2, 0) is 22.5 Å². The van der Waals surface area contributed by atoms with Gasteiger partial charge in [-0.25, -0.2) is 0 Å². The summed E-state index contributed by atoms with van der Waals surface area (Å²) in [6, 6.07) is 17.4. The minimum atomic E-state index is -0.692. The quantitative estimate of drug-likeness (QED) is 0.322. The van der Waals surface area contributed by atoms with Crippen LogP contribution in [0.25, 0.3) is 11.1 Å². The highest BCUT2D eigenvalue weighted by Crippen LogP contribution is 2.64. The van der Waals surface area contributed by atoms with Gasteiger partial charge in [0.25, 0.3) is 0 Å². The molecular weight excluding hydrogens is 486 g/mol. The minimum absolute atomic E-state index is 0.136. The maximum absolute atomic E-state index is 11.5. The van der Waals surface area contributed by atoms with Crippen LogP contribution in [0.2, 0.25) is 0 Å². The summed E-state index contributed by atoms with van der Waals surface area (Å²) < 4.78 is 11.9. The predicted molar refractivity (Wildman–Crippen MR) is 155 cm³/mol. The molecule has 1 saturated heterocycles. The van der Waals surface area contributed by atoms with Gasteiger partial charge in [0.05, 0.1) is 13.0 Å². The fourth-order valence-electron chi connectivity index (χ4n) is 6.98. The minimum Gasteiger partial charge on any atom is -0.488 e. The Morgan fingerprint density at radius 2 is 1.90 bits per heavy atom. The number of carboxylic acids is 1. The summed E-state index contributed by atoms with van der Waals surface area (Å²) in [5.74, 6) is 0.398. The van der Waals surface area contributed by atoms with Crippen molar-refractivity contribution >= 4 is 11.7 Å². The van der Waals surface area contributed by atoms with Crippen molar-refractivity contribution in [2.24, 2.45) is 5.41 Å². The number of ether oxygens (including phenoxy) is 2. The number of hydrogen-bond donors (Lipinski definition) is 2. The van der Waals surface area contributed by atoms with E-state index in [1.807, 2.05) is 0 Å². The highest BCUT2D eigenvalue weighted by atomic mass is 16.5. The largest absolute Gasteiger partial charge is 0.488 e. The first-order chi connectivity index (χ1) is 18.8. The molecule has 6 rings (SSSR count). The van der Waals surface area contributed by atoms with E-state index in [1.54, 1.807) is 0 Å². The van der Waals surface area contributed by atoms with Gasteiger partial charge < -0.3 is 19.9 Å². The fourth-order valence-corrected chi connectivity index (χ4v) is 6.98. The summed E-state index contributed by atoms with van der Waals surface area (Å²) in [4.78, 5) is 11.5. The molecule has 0 radical (unpaired) electrons. The second-order valence-corrected chi connectivity index (χ2v) is 11.9. The summed E-state index contributed by atoms with van der Waals surface area (Å²) in [7, 11) is 0. The first-order valence-electron chi connectivity index (χ1n) is 14.4. The molecule has 2 fully saturated rings. The van der Waals surface area contributed by atoms with Crippen LogP contribution >= 0.6 is 0 Å². The van der Waals surface area contributed by atoms with Crippen LogP contribution in [0.5, 0.6) is 5.75 Å².